The van der Waals surface area contributed by atoms with Gasteiger partial charge in [0, 0.05) is 23.8 Å². The number of carbonyl (C=O) groups excluding carboxylic acids is 2. The van der Waals surface area contributed by atoms with E-state index >= 15 is 0 Å². The minimum absolute atomic E-state index is 0.0929. The number of para-hydroxylation sites is 2. The molecule has 3 aromatic rings. The van der Waals surface area contributed by atoms with Crippen LogP contribution < -0.4 is 10.6 Å². The summed E-state index contributed by atoms with van der Waals surface area (Å²) in [4.78, 5) is 29.2. The molecular formula is C21H22N4O2S. The number of hydrogen-bond acceptors (Lipinski definition) is 4. The molecule has 0 aliphatic heterocycles. The molecule has 7 heteroatoms. The van der Waals surface area contributed by atoms with E-state index in [0.29, 0.717) is 17.3 Å². The van der Waals surface area contributed by atoms with Crippen LogP contribution in [0.2, 0.25) is 0 Å². The van der Waals surface area contributed by atoms with Gasteiger partial charge in [-0.2, -0.15) is 0 Å². The first-order valence-corrected chi connectivity index (χ1v) is 10.4. The van der Waals surface area contributed by atoms with Gasteiger partial charge in [0.25, 0.3) is 5.91 Å². The second kappa shape index (κ2) is 8.06. The van der Waals surface area contributed by atoms with Gasteiger partial charge in [-0.15, -0.1) is 0 Å². The maximum Gasteiger partial charge on any atom is 0.251 e. The van der Waals surface area contributed by atoms with Crippen molar-refractivity contribution in [3.8, 4) is 0 Å². The van der Waals surface area contributed by atoms with E-state index in [1.54, 1.807) is 24.3 Å². The summed E-state index contributed by atoms with van der Waals surface area (Å²) in [7, 11) is 0. The fourth-order valence-electron chi connectivity index (χ4n) is 3.03. The van der Waals surface area contributed by atoms with E-state index in [1.807, 2.05) is 24.3 Å². The molecular weight excluding hydrogens is 372 g/mol. The number of aromatic nitrogens is 2. The van der Waals surface area contributed by atoms with E-state index in [1.165, 1.54) is 11.8 Å². The van der Waals surface area contributed by atoms with Crippen LogP contribution in [0.4, 0.5) is 5.69 Å². The Bertz CT molecular complexity index is 1030. The predicted octanol–water partition coefficient (Wildman–Crippen LogP) is 3.68. The van der Waals surface area contributed by atoms with Crippen LogP contribution in [-0.4, -0.2) is 33.2 Å². The van der Waals surface area contributed by atoms with E-state index in [2.05, 4.69) is 27.1 Å². The lowest BCUT2D eigenvalue weighted by Crippen LogP contribution is -2.25. The van der Waals surface area contributed by atoms with Crippen molar-refractivity contribution in [3.05, 3.63) is 54.1 Å². The van der Waals surface area contributed by atoms with Crippen LogP contribution in [0.3, 0.4) is 0 Å². The number of nitrogens with one attached hydrogen (secondary N) is 2. The molecule has 1 aliphatic rings. The highest BCUT2D eigenvalue weighted by molar-refractivity contribution is 7.99. The third kappa shape index (κ3) is 4.20. The number of anilines is 1. The Morgan fingerprint density at radius 1 is 1.18 bits per heavy atom. The number of fused-ring (bicyclic) bond motifs is 1. The van der Waals surface area contributed by atoms with Gasteiger partial charge in [0.1, 0.15) is 0 Å². The van der Waals surface area contributed by atoms with Crippen molar-refractivity contribution >= 4 is 40.3 Å². The van der Waals surface area contributed by atoms with E-state index in [0.717, 1.165) is 35.6 Å². The number of benzene rings is 2. The van der Waals surface area contributed by atoms with Crippen molar-refractivity contribution in [2.45, 2.75) is 37.5 Å². The number of rotatable bonds is 7. The van der Waals surface area contributed by atoms with Crippen molar-refractivity contribution in [1.29, 1.82) is 0 Å². The number of carbonyl (C=O) groups is 2. The highest BCUT2D eigenvalue weighted by Crippen LogP contribution is 2.24. The predicted molar refractivity (Wildman–Crippen MR) is 112 cm³/mol. The van der Waals surface area contributed by atoms with Gasteiger partial charge in [-0.05, 0) is 50.1 Å². The van der Waals surface area contributed by atoms with E-state index in [4.69, 9.17) is 0 Å². The summed E-state index contributed by atoms with van der Waals surface area (Å²) in [6.45, 7) is 2.86. The number of thioether (sulfide) groups is 1. The molecule has 0 radical (unpaired) electrons. The summed E-state index contributed by atoms with van der Waals surface area (Å²) in [5.74, 6) is 0.0334. The minimum Gasteiger partial charge on any atom is -0.349 e. The lowest BCUT2D eigenvalue weighted by molar-refractivity contribution is -0.113. The molecule has 6 nitrogen and oxygen atoms in total. The Balaban J connectivity index is 1.39. The lowest BCUT2D eigenvalue weighted by Gasteiger charge is -2.08. The molecule has 1 aromatic heterocycles. The van der Waals surface area contributed by atoms with Crippen LogP contribution in [0.25, 0.3) is 11.0 Å². The number of aryl methyl sites for hydroxylation is 1. The first-order valence-electron chi connectivity index (χ1n) is 9.43. The molecule has 1 heterocycles. The van der Waals surface area contributed by atoms with Crippen LogP contribution in [0.15, 0.2) is 53.7 Å². The first-order chi connectivity index (χ1) is 13.6. The number of nitrogens with zero attached hydrogens (tertiary/aromatic N) is 2. The smallest absolute Gasteiger partial charge is 0.251 e. The molecule has 1 fully saturated rings. The molecule has 0 spiro atoms. The van der Waals surface area contributed by atoms with Crippen LogP contribution >= 0.6 is 11.8 Å². The Morgan fingerprint density at radius 2 is 2.00 bits per heavy atom. The Morgan fingerprint density at radius 3 is 2.79 bits per heavy atom. The van der Waals surface area contributed by atoms with Gasteiger partial charge in [0.05, 0.1) is 16.8 Å². The molecule has 0 unspecified atom stereocenters. The number of hydrogen-bond donors (Lipinski definition) is 2. The zero-order valence-electron chi connectivity index (χ0n) is 15.6. The fraction of sp³-hybridized carbons (Fsp3) is 0.286. The quantitative estimate of drug-likeness (QED) is 0.600. The molecule has 28 heavy (non-hydrogen) atoms. The largest absolute Gasteiger partial charge is 0.349 e. The fourth-order valence-corrected chi connectivity index (χ4v) is 3.91. The van der Waals surface area contributed by atoms with Gasteiger partial charge in [-0.25, -0.2) is 4.98 Å². The van der Waals surface area contributed by atoms with E-state index in [-0.39, 0.29) is 17.6 Å². The second-order valence-corrected chi connectivity index (χ2v) is 7.74. The Labute approximate surface area is 167 Å². The molecule has 144 valence electrons. The summed E-state index contributed by atoms with van der Waals surface area (Å²) >= 11 is 1.41. The molecule has 0 bridgehead atoms. The van der Waals surface area contributed by atoms with Gasteiger partial charge in [-0.3, -0.25) is 9.59 Å². The zero-order valence-corrected chi connectivity index (χ0v) is 16.5. The van der Waals surface area contributed by atoms with Crippen molar-refractivity contribution in [2.75, 3.05) is 11.1 Å². The highest BCUT2D eigenvalue weighted by Gasteiger charge is 2.23. The molecule has 2 N–H and O–H groups in total. The summed E-state index contributed by atoms with van der Waals surface area (Å²) < 4.78 is 2.11. The maximum absolute atomic E-state index is 12.4. The maximum atomic E-state index is 12.4. The summed E-state index contributed by atoms with van der Waals surface area (Å²) in [6.07, 6.45) is 2.09. The van der Waals surface area contributed by atoms with Gasteiger partial charge in [0.2, 0.25) is 5.91 Å². The van der Waals surface area contributed by atoms with Crippen LogP contribution in [0, 0.1) is 0 Å². The SMILES string of the molecule is CCn1c(SCC(=O)Nc2cccc(C(=O)NC3CC3)c2)nc2ccccc21. The van der Waals surface area contributed by atoms with Crippen LogP contribution in [-0.2, 0) is 11.3 Å². The average Bonchev–Trinajstić information content (AvgIpc) is 3.44. The van der Waals surface area contributed by atoms with Crippen molar-refractivity contribution in [3.63, 3.8) is 0 Å². The molecule has 2 aromatic carbocycles. The van der Waals surface area contributed by atoms with Crippen molar-refractivity contribution in [2.24, 2.45) is 0 Å². The minimum atomic E-state index is -0.125. The topological polar surface area (TPSA) is 76.0 Å². The first kappa shape index (κ1) is 18.6. The van der Waals surface area contributed by atoms with Gasteiger partial charge >= 0.3 is 0 Å². The summed E-state index contributed by atoms with van der Waals surface area (Å²) in [5.41, 5.74) is 3.19. The van der Waals surface area contributed by atoms with Crippen molar-refractivity contribution in [1.82, 2.24) is 14.9 Å². The molecule has 0 atom stereocenters. The third-order valence-electron chi connectivity index (χ3n) is 4.59. The average molecular weight is 395 g/mol. The standard InChI is InChI=1S/C21H22N4O2S/c1-2-25-18-9-4-3-8-17(18)24-21(25)28-13-19(26)22-16-7-5-6-14(12-16)20(27)23-15-10-11-15/h3-9,12,15H,2,10-11,13H2,1H3,(H,22,26)(H,23,27). The van der Waals surface area contributed by atoms with E-state index in [9.17, 15) is 9.59 Å². The Kier molecular flexibility index (Phi) is 5.34. The number of amides is 2. The zero-order chi connectivity index (χ0) is 19.5. The molecule has 2 amide bonds. The highest BCUT2D eigenvalue weighted by atomic mass is 32.2. The summed E-state index contributed by atoms with van der Waals surface area (Å²) in [6, 6.07) is 15.3. The normalized spacial score (nSPS) is 13.5. The molecule has 1 saturated carbocycles. The van der Waals surface area contributed by atoms with Gasteiger partial charge in [0.15, 0.2) is 5.16 Å². The molecule has 1 aliphatic carbocycles. The third-order valence-corrected chi connectivity index (χ3v) is 5.57. The monoisotopic (exact) mass is 394 g/mol. The van der Waals surface area contributed by atoms with E-state index < -0.39 is 0 Å². The van der Waals surface area contributed by atoms with Crippen LogP contribution in [0.1, 0.15) is 30.1 Å². The van der Waals surface area contributed by atoms with Gasteiger partial charge < -0.3 is 15.2 Å². The molecule has 0 saturated heterocycles. The summed E-state index contributed by atoms with van der Waals surface area (Å²) in [5, 5.41) is 6.66. The number of imidazole rings is 1. The lowest BCUT2D eigenvalue weighted by atomic mass is 10.2. The van der Waals surface area contributed by atoms with Gasteiger partial charge in [-0.1, -0.05) is 30.0 Å². The molecule has 4 rings (SSSR count). The second-order valence-electron chi connectivity index (χ2n) is 6.79. The van der Waals surface area contributed by atoms with Crippen molar-refractivity contribution < 1.29 is 9.59 Å². The Hall–Kier alpha value is -2.80. The van der Waals surface area contributed by atoms with Crippen LogP contribution in [0.5, 0.6) is 0 Å².